The van der Waals surface area contributed by atoms with E-state index in [-0.39, 0.29) is 18.8 Å². The average Bonchev–Trinajstić information content (AvgIpc) is 2.31. The Morgan fingerprint density at radius 1 is 1.73 bits per heavy atom. The Labute approximate surface area is 65.3 Å². The van der Waals surface area contributed by atoms with E-state index in [2.05, 4.69) is 9.84 Å². The van der Waals surface area contributed by atoms with Gasteiger partial charge in [0, 0.05) is 17.2 Å². The quantitative estimate of drug-likeness (QED) is 0.504. The molecular weight excluding hydrogens is 169 g/mol. The second-order valence-corrected chi connectivity index (χ2v) is 3.26. The number of β-amino-alcohol motifs (C(OH)–C–C–N with tert-alkyl or cyclic N) is 1. The highest BCUT2D eigenvalue weighted by Gasteiger charge is 2.25. The van der Waals surface area contributed by atoms with E-state index in [4.69, 9.17) is 10.00 Å². The fourth-order valence-electron chi connectivity index (χ4n) is 1.08. The zero-order valence-corrected chi connectivity index (χ0v) is 6.83. The van der Waals surface area contributed by atoms with Gasteiger partial charge in [-0.15, -0.1) is 9.42 Å². The maximum Gasteiger partial charge on any atom is 0.694 e. The molecule has 0 spiro atoms. The number of hydrogen-bond donors (Lipinski definition) is 3. The number of aliphatic hydroxyl groups excluding tert-OH is 1. The number of nitrogens with one attached hydrogen (secondary N) is 1. The number of hydrogen-bond acceptors (Lipinski definition) is 4. The van der Waals surface area contributed by atoms with Crippen LogP contribution < -0.4 is 5.32 Å². The Hall–Kier alpha value is -0.0600. The molecule has 0 radical (unpaired) electrons. The van der Waals surface area contributed by atoms with Gasteiger partial charge in [-0.25, -0.2) is 0 Å². The van der Waals surface area contributed by atoms with Crippen molar-refractivity contribution in [3.05, 3.63) is 0 Å². The van der Waals surface area contributed by atoms with Crippen LogP contribution in [0.5, 0.6) is 0 Å². The number of aliphatic hydroxyl groups is 1. The minimum atomic E-state index is -2.50. The lowest BCUT2D eigenvalue weighted by Crippen LogP contribution is -2.25. The predicted octanol–water partition coefficient (Wildman–Crippen LogP) is -0.625. The molecule has 3 unspecified atom stereocenters. The van der Waals surface area contributed by atoms with Crippen molar-refractivity contribution in [2.45, 2.75) is 18.6 Å². The van der Waals surface area contributed by atoms with E-state index < -0.39 is 8.25 Å². The maximum atomic E-state index is 10.1. The molecule has 1 saturated heterocycles. The van der Waals surface area contributed by atoms with Crippen molar-refractivity contribution in [3.63, 3.8) is 0 Å². The smallest absolute Gasteiger partial charge is 0.392 e. The summed E-state index contributed by atoms with van der Waals surface area (Å²) in [6.45, 7) is 0.721. The summed E-state index contributed by atoms with van der Waals surface area (Å²) < 4.78 is 14.5. The zero-order valence-electron chi connectivity index (χ0n) is 5.93. The van der Waals surface area contributed by atoms with Gasteiger partial charge in [-0.3, -0.25) is 0 Å². The van der Waals surface area contributed by atoms with Crippen LogP contribution in [0.4, 0.5) is 0 Å². The minimum Gasteiger partial charge on any atom is -0.392 e. The molecule has 0 aromatic carbocycles. The Balaban J connectivity index is 2.13. The Bertz CT molecular complexity index is 153. The molecule has 11 heavy (non-hydrogen) atoms. The van der Waals surface area contributed by atoms with Crippen molar-refractivity contribution in [3.8, 4) is 0 Å². The van der Waals surface area contributed by atoms with E-state index in [1.54, 1.807) is 0 Å². The topological polar surface area (TPSA) is 78.8 Å². The molecular formula is C5H11NO4P+. The highest BCUT2D eigenvalue weighted by molar-refractivity contribution is 7.32. The highest BCUT2D eigenvalue weighted by Crippen LogP contribution is 2.17. The molecule has 0 aliphatic carbocycles. The molecule has 1 fully saturated rings. The molecule has 0 saturated carbocycles. The summed E-state index contributed by atoms with van der Waals surface area (Å²) in [6.07, 6.45) is 0.239. The van der Waals surface area contributed by atoms with Crippen LogP contribution in [0, 0.1) is 0 Å². The maximum absolute atomic E-state index is 10.1. The van der Waals surface area contributed by atoms with E-state index in [1.807, 2.05) is 0 Å². The first kappa shape index (κ1) is 9.03. The van der Waals surface area contributed by atoms with E-state index in [9.17, 15) is 4.57 Å². The molecule has 3 N–H and O–H groups in total. The van der Waals surface area contributed by atoms with E-state index in [1.165, 1.54) is 0 Å². The third-order valence-electron chi connectivity index (χ3n) is 1.58. The first-order chi connectivity index (χ1) is 5.18. The van der Waals surface area contributed by atoms with Crippen LogP contribution >= 0.6 is 8.25 Å². The van der Waals surface area contributed by atoms with E-state index >= 15 is 0 Å². The van der Waals surface area contributed by atoms with Crippen LogP contribution in [0.3, 0.4) is 0 Å². The summed E-state index contributed by atoms with van der Waals surface area (Å²) in [6, 6.07) is 0.0103. The Kier molecular flexibility index (Phi) is 3.36. The molecule has 0 amide bonds. The summed E-state index contributed by atoms with van der Waals surface area (Å²) in [4.78, 5) is 8.28. The Morgan fingerprint density at radius 2 is 2.45 bits per heavy atom. The highest BCUT2D eigenvalue weighted by atomic mass is 31.1. The van der Waals surface area contributed by atoms with Crippen molar-refractivity contribution in [1.82, 2.24) is 5.32 Å². The van der Waals surface area contributed by atoms with Crippen molar-refractivity contribution in [1.29, 1.82) is 0 Å². The standard InChI is InChI=1S/C5H10NO4P/c7-5-1-4(6-2-5)3-10-11(8)9/h4-7H,1-3H2/p+1. The van der Waals surface area contributed by atoms with Gasteiger partial charge in [0.1, 0.15) is 6.61 Å². The Morgan fingerprint density at radius 3 is 2.91 bits per heavy atom. The van der Waals surface area contributed by atoms with Crippen LogP contribution in [0.1, 0.15) is 6.42 Å². The van der Waals surface area contributed by atoms with Gasteiger partial charge in [-0.05, 0) is 6.42 Å². The lowest BCUT2D eigenvalue weighted by molar-refractivity contribution is 0.185. The summed E-state index contributed by atoms with van der Waals surface area (Å²) in [5, 5.41) is 12.0. The lowest BCUT2D eigenvalue weighted by Gasteiger charge is -2.02. The summed E-state index contributed by atoms with van der Waals surface area (Å²) >= 11 is 0. The van der Waals surface area contributed by atoms with Crippen LogP contribution in [0.15, 0.2) is 0 Å². The monoisotopic (exact) mass is 180 g/mol. The molecule has 1 aliphatic rings. The third-order valence-corrected chi connectivity index (χ3v) is 1.95. The largest absolute Gasteiger partial charge is 0.694 e. The summed E-state index contributed by atoms with van der Waals surface area (Å²) in [5.41, 5.74) is 0. The van der Waals surface area contributed by atoms with Gasteiger partial charge in [-0.1, -0.05) is 0 Å². The summed E-state index contributed by atoms with van der Waals surface area (Å²) in [5.74, 6) is 0. The minimum absolute atomic E-state index is 0.0103. The third kappa shape index (κ3) is 3.22. The van der Waals surface area contributed by atoms with Crippen molar-refractivity contribution < 1.29 is 19.1 Å². The SMILES string of the molecule is O=[P+](O)OCC1CC(O)CN1. The molecule has 0 aromatic rings. The molecule has 3 atom stereocenters. The first-order valence-corrected chi connectivity index (χ1v) is 4.52. The van der Waals surface area contributed by atoms with Gasteiger partial charge in [0.05, 0.1) is 6.10 Å². The molecule has 0 bridgehead atoms. The first-order valence-electron chi connectivity index (χ1n) is 3.39. The van der Waals surface area contributed by atoms with Gasteiger partial charge in [-0.2, -0.15) is 0 Å². The van der Waals surface area contributed by atoms with Crippen LogP contribution in [-0.4, -0.2) is 35.3 Å². The fourth-order valence-corrected chi connectivity index (χ4v) is 1.39. The van der Waals surface area contributed by atoms with Gasteiger partial charge >= 0.3 is 8.25 Å². The molecule has 64 valence electrons. The van der Waals surface area contributed by atoms with Gasteiger partial charge in [0.2, 0.25) is 0 Å². The second-order valence-electron chi connectivity index (χ2n) is 2.53. The van der Waals surface area contributed by atoms with Crippen LogP contribution in [-0.2, 0) is 9.09 Å². The number of rotatable bonds is 3. The molecule has 6 heteroatoms. The fraction of sp³-hybridized carbons (Fsp3) is 1.00. The lowest BCUT2D eigenvalue weighted by atomic mass is 10.2. The second kappa shape index (κ2) is 4.09. The van der Waals surface area contributed by atoms with E-state index in [0.717, 1.165) is 0 Å². The molecule has 1 heterocycles. The molecule has 1 aliphatic heterocycles. The zero-order chi connectivity index (χ0) is 8.27. The van der Waals surface area contributed by atoms with Crippen LogP contribution in [0.25, 0.3) is 0 Å². The van der Waals surface area contributed by atoms with E-state index in [0.29, 0.717) is 13.0 Å². The van der Waals surface area contributed by atoms with Crippen molar-refractivity contribution in [2.24, 2.45) is 0 Å². The molecule has 0 aromatic heterocycles. The van der Waals surface area contributed by atoms with Gasteiger partial charge in [0.15, 0.2) is 0 Å². The van der Waals surface area contributed by atoms with Gasteiger partial charge < -0.3 is 10.4 Å². The summed E-state index contributed by atoms with van der Waals surface area (Å²) in [7, 11) is -2.50. The predicted molar refractivity (Wildman–Crippen MR) is 38.2 cm³/mol. The molecule has 5 nitrogen and oxygen atoms in total. The van der Waals surface area contributed by atoms with Crippen molar-refractivity contribution >= 4 is 8.25 Å². The van der Waals surface area contributed by atoms with Gasteiger partial charge in [0.25, 0.3) is 0 Å². The van der Waals surface area contributed by atoms with Crippen molar-refractivity contribution in [2.75, 3.05) is 13.2 Å². The normalized spacial score (nSPS) is 32.4. The molecule has 1 rings (SSSR count). The average molecular weight is 180 g/mol. The van der Waals surface area contributed by atoms with Crippen LogP contribution in [0.2, 0.25) is 0 Å².